The van der Waals surface area contributed by atoms with E-state index in [1.165, 1.54) is 32.1 Å². The fraction of sp³-hybridized carbons (Fsp3) is 1.00. The maximum atomic E-state index is 10.9. The van der Waals surface area contributed by atoms with Gasteiger partial charge in [-0.3, -0.25) is 0 Å². The summed E-state index contributed by atoms with van der Waals surface area (Å²) in [4.78, 5) is 0. The Morgan fingerprint density at radius 3 is 2.41 bits per heavy atom. The fourth-order valence-electron chi connectivity index (χ4n) is 3.76. The minimum atomic E-state index is -0.457. The molecule has 0 aromatic heterocycles. The van der Waals surface area contributed by atoms with Gasteiger partial charge in [0.05, 0.1) is 5.60 Å². The number of rotatable bonds is 2. The van der Waals surface area contributed by atoms with Gasteiger partial charge in [-0.15, -0.1) is 0 Å². The maximum Gasteiger partial charge on any atom is 0.0688 e. The maximum absolute atomic E-state index is 10.9. The topological polar surface area (TPSA) is 32.3 Å². The molecule has 2 heteroatoms. The summed E-state index contributed by atoms with van der Waals surface area (Å²) in [6.45, 7) is 8.94. The van der Waals surface area contributed by atoms with Crippen molar-refractivity contribution in [2.45, 2.75) is 58.5 Å². The van der Waals surface area contributed by atoms with Crippen LogP contribution in [0.2, 0.25) is 0 Å². The Morgan fingerprint density at radius 1 is 1.06 bits per heavy atom. The molecule has 1 saturated carbocycles. The highest BCUT2D eigenvalue weighted by atomic mass is 16.3. The molecule has 2 nitrogen and oxygen atoms in total. The monoisotopic (exact) mass is 239 g/mol. The standard InChI is InChI=1S/C15H29NO/c1-11-6-7-13(9-12(11)2)15(3,17)14-5-4-8-16-10-14/h11-14,16-17H,4-10H2,1-3H3. The van der Waals surface area contributed by atoms with Crippen molar-refractivity contribution in [2.24, 2.45) is 23.7 Å². The van der Waals surface area contributed by atoms with E-state index >= 15 is 0 Å². The van der Waals surface area contributed by atoms with E-state index in [4.69, 9.17) is 0 Å². The highest BCUT2D eigenvalue weighted by Crippen LogP contribution is 2.42. The Bertz CT molecular complexity index is 245. The van der Waals surface area contributed by atoms with E-state index in [9.17, 15) is 5.11 Å². The van der Waals surface area contributed by atoms with Crippen LogP contribution in [0.5, 0.6) is 0 Å². The molecule has 0 amide bonds. The lowest BCUT2D eigenvalue weighted by Crippen LogP contribution is -2.50. The molecule has 0 aromatic carbocycles. The summed E-state index contributed by atoms with van der Waals surface area (Å²) in [5.41, 5.74) is -0.457. The number of piperidine rings is 1. The van der Waals surface area contributed by atoms with Crippen molar-refractivity contribution in [2.75, 3.05) is 13.1 Å². The van der Waals surface area contributed by atoms with E-state index in [1.807, 2.05) is 0 Å². The van der Waals surface area contributed by atoms with Crippen molar-refractivity contribution in [3.63, 3.8) is 0 Å². The SMILES string of the molecule is CC1CCC(C(C)(O)C2CCCNC2)CC1C. The molecule has 5 unspecified atom stereocenters. The van der Waals surface area contributed by atoms with Crippen LogP contribution in [-0.2, 0) is 0 Å². The molecular weight excluding hydrogens is 210 g/mol. The second kappa shape index (κ2) is 5.27. The molecule has 0 bridgehead atoms. The fourth-order valence-corrected chi connectivity index (χ4v) is 3.76. The average molecular weight is 239 g/mol. The summed E-state index contributed by atoms with van der Waals surface area (Å²) in [6.07, 6.45) is 6.14. The van der Waals surface area contributed by atoms with E-state index in [-0.39, 0.29) is 0 Å². The predicted octanol–water partition coefficient (Wildman–Crippen LogP) is 2.81. The molecular formula is C15H29NO. The number of nitrogens with one attached hydrogen (secondary N) is 1. The highest BCUT2D eigenvalue weighted by molar-refractivity contribution is 4.94. The molecule has 1 saturated heterocycles. The van der Waals surface area contributed by atoms with Gasteiger partial charge in [-0.2, -0.15) is 0 Å². The van der Waals surface area contributed by atoms with Crippen molar-refractivity contribution >= 4 is 0 Å². The lowest BCUT2D eigenvalue weighted by molar-refractivity contribution is -0.0824. The van der Waals surface area contributed by atoms with Crippen LogP contribution in [-0.4, -0.2) is 23.8 Å². The summed E-state index contributed by atoms with van der Waals surface area (Å²) in [5, 5.41) is 14.4. The van der Waals surface area contributed by atoms with Gasteiger partial charge in [0, 0.05) is 12.5 Å². The summed E-state index contributed by atoms with van der Waals surface area (Å²) in [7, 11) is 0. The lowest BCUT2D eigenvalue weighted by atomic mass is 9.65. The van der Waals surface area contributed by atoms with E-state index in [0.29, 0.717) is 11.8 Å². The minimum absolute atomic E-state index is 0.457. The summed E-state index contributed by atoms with van der Waals surface area (Å²) >= 11 is 0. The zero-order valence-corrected chi connectivity index (χ0v) is 11.7. The zero-order valence-electron chi connectivity index (χ0n) is 11.7. The first-order valence-corrected chi connectivity index (χ1v) is 7.45. The van der Waals surface area contributed by atoms with Gasteiger partial charge in [-0.1, -0.05) is 20.3 Å². The van der Waals surface area contributed by atoms with Gasteiger partial charge in [0.15, 0.2) is 0 Å². The van der Waals surface area contributed by atoms with Gasteiger partial charge in [0.25, 0.3) is 0 Å². The van der Waals surface area contributed by atoms with Gasteiger partial charge < -0.3 is 10.4 Å². The number of hydrogen-bond donors (Lipinski definition) is 2. The van der Waals surface area contributed by atoms with Gasteiger partial charge in [-0.05, 0) is 56.9 Å². The van der Waals surface area contributed by atoms with E-state index in [2.05, 4.69) is 26.1 Å². The Morgan fingerprint density at radius 2 is 1.82 bits per heavy atom. The normalized spacial score (nSPS) is 43.1. The van der Waals surface area contributed by atoms with Crippen LogP contribution < -0.4 is 5.32 Å². The molecule has 0 radical (unpaired) electrons. The number of aliphatic hydroxyl groups is 1. The van der Waals surface area contributed by atoms with E-state index in [0.717, 1.165) is 24.9 Å². The first-order valence-electron chi connectivity index (χ1n) is 7.45. The quantitative estimate of drug-likeness (QED) is 0.776. The second-order valence-electron chi connectivity index (χ2n) is 6.73. The molecule has 2 aliphatic rings. The molecule has 17 heavy (non-hydrogen) atoms. The number of hydrogen-bond acceptors (Lipinski definition) is 2. The van der Waals surface area contributed by atoms with E-state index in [1.54, 1.807) is 0 Å². The highest BCUT2D eigenvalue weighted by Gasteiger charge is 2.42. The third-order valence-corrected chi connectivity index (χ3v) is 5.55. The lowest BCUT2D eigenvalue weighted by Gasteiger charge is -2.45. The van der Waals surface area contributed by atoms with Crippen LogP contribution in [0.1, 0.15) is 52.9 Å². The Labute approximate surface area is 106 Å². The smallest absolute Gasteiger partial charge is 0.0688 e. The molecule has 5 atom stereocenters. The van der Waals surface area contributed by atoms with Crippen molar-refractivity contribution in [1.82, 2.24) is 5.32 Å². The first-order chi connectivity index (χ1) is 8.01. The van der Waals surface area contributed by atoms with Crippen molar-refractivity contribution in [3.8, 4) is 0 Å². The molecule has 2 N–H and O–H groups in total. The molecule has 2 fully saturated rings. The van der Waals surface area contributed by atoms with Crippen LogP contribution in [0.3, 0.4) is 0 Å². The summed E-state index contributed by atoms with van der Waals surface area (Å²) < 4.78 is 0. The van der Waals surface area contributed by atoms with Gasteiger partial charge >= 0.3 is 0 Å². The minimum Gasteiger partial charge on any atom is -0.390 e. The molecule has 2 rings (SSSR count). The largest absolute Gasteiger partial charge is 0.390 e. The third kappa shape index (κ3) is 2.85. The van der Waals surface area contributed by atoms with E-state index < -0.39 is 5.60 Å². The molecule has 1 aliphatic carbocycles. The van der Waals surface area contributed by atoms with Gasteiger partial charge in [0.1, 0.15) is 0 Å². The van der Waals surface area contributed by atoms with Crippen LogP contribution in [0, 0.1) is 23.7 Å². The van der Waals surface area contributed by atoms with Crippen LogP contribution in [0.15, 0.2) is 0 Å². The van der Waals surface area contributed by atoms with Crippen molar-refractivity contribution in [3.05, 3.63) is 0 Å². The summed E-state index contributed by atoms with van der Waals surface area (Å²) in [6, 6.07) is 0. The van der Waals surface area contributed by atoms with Crippen molar-refractivity contribution < 1.29 is 5.11 Å². The molecule has 0 spiro atoms. The molecule has 0 aromatic rings. The molecule has 100 valence electrons. The Hall–Kier alpha value is -0.0800. The van der Waals surface area contributed by atoms with Gasteiger partial charge in [-0.25, -0.2) is 0 Å². The van der Waals surface area contributed by atoms with Crippen LogP contribution >= 0.6 is 0 Å². The van der Waals surface area contributed by atoms with Crippen molar-refractivity contribution in [1.29, 1.82) is 0 Å². The molecule has 1 heterocycles. The van der Waals surface area contributed by atoms with Crippen LogP contribution in [0.25, 0.3) is 0 Å². The molecule has 1 aliphatic heterocycles. The second-order valence-corrected chi connectivity index (χ2v) is 6.73. The Balaban J connectivity index is 1.99. The average Bonchev–Trinajstić information content (AvgIpc) is 2.33. The van der Waals surface area contributed by atoms with Crippen LogP contribution in [0.4, 0.5) is 0 Å². The predicted molar refractivity (Wildman–Crippen MR) is 71.9 cm³/mol. The zero-order chi connectivity index (χ0) is 12.5. The first kappa shape index (κ1) is 13.4. The Kier molecular flexibility index (Phi) is 4.14. The third-order valence-electron chi connectivity index (χ3n) is 5.55. The summed E-state index contributed by atoms with van der Waals surface area (Å²) in [5.74, 6) is 2.59. The van der Waals surface area contributed by atoms with Gasteiger partial charge in [0.2, 0.25) is 0 Å².